The number of rotatable bonds is 5. The van der Waals surface area contributed by atoms with E-state index in [0.717, 1.165) is 25.2 Å². The average Bonchev–Trinajstić information content (AvgIpc) is 2.99. The number of imide groups is 1. The quantitative estimate of drug-likeness (QED) is 0.749. The van der Waals surface area contributed by atoms with Crippen molar-refractivity contribution in [2.45, 2.75) is 51.0 Å². The Balaban J connectivity index is 1.31. The van der Waals surface area contributed by atoms with Gasteiger partial charge in [0.05, 0.1) is 0 Å². The summed E-state index contributed by atoms with van der Waals surface area (Å²) < 4.78 is 4.96. The minimum atomic E-state index is -0.575. The van der Waals surface area contributed by atoms with Crippen LogP contribution in [0.25, 0.3) is 0 Å². The van der Waals surface area contributed by atoms with Crippen LogP contribution >= 0.6 is 0 Å². The van der Waals surface area contributed by atoms with Gasteiger partial charge in [0.15, 0.2) is 6.61 Å². The number of carbonyl (C=O) groups excluding carboxylic acids is 3. The number of amides is 3. The van der Waals surface area contributed by atoms with Crippen LogP contribution in [0.1, 0.15) is 44.9 Å². The van der Waals surface area contributed by atoms with Crippen molar-refractivity contribution >= 4 is 17.9 Å². The van der Waals surface area contributed by atoms with Crippen LogP contribution in [0.15, 0.2) is 0 Å². The second kappa shape index (κ2) is 6.03. The van der Waals surface area contributed by atoms with E-state index in [2.05, 4.69) is 10.6 Å². The summed E-state index contributed by atoms with van der Waals surface area (Å²) in [5.74, 6) is 0.986. The SMILES string of the molecule is O=C(COC(=O)C[C@H]1C[C@H]2CC[C@@H]1C2)NC(=O)NC1CC1. The first kappa shape index (κ1) is 14.4. The monoisotopic (exact) mass is 294 g/mol. The van der Waals surface area contributed by atoms with Gasteiger partial charge in [-0.25, -0.2) is 4.79 Å². The molecule has 0 spiro atoms. The number of fused-ring (bicyclic) bond motifs is 2. The van der Waals surface area contributed by atoms with Crippen molar-refractivity contribution in [2.75, 3.05) is 6.61 Å². The Hall–Kier alpha value is -1.59. The van der Waals surface area contributed by atoms with Crippen LogP contribution in [-0.2, 0) is 14.3 Å². The third-order valence-corrected chi connectivity index (χ3v) is 4.84. The molecule has 0 aromatic heterocycles. The Labute approximate surface area is 124 Å². The van der Waals surface area contributed by atoms with Crippen LogP contribution in [0.3, 0.4) is 0 Å². The Bertz CT molecular complexity index is 447. The van der Waals surface area contributed by atoms with Crippen LogP contribution in [0.2, 0.25) is 0 Å². The maximum absolute atomic E-state index is 11.8. The lowest BCUT2D eigenvalue weighted by atomic mass is 9.86. The predicted octanol–water partition coefficient (Wildman–Crippen LogP) is 1.34. The minimum Gasteiger partial charge on any atom is -0.456 e. The highest BCUT2D eigenvalue weighted by Crippen LogP contribution is 2.49. The van der Waals surface area contributed by atoms with E-state index in [1.165, 1.54) is 19.3 Å². The molecule has 0 saturated heterocycles. The average molecular weight is 294 g/mol. The molecule has 0 aliphatic heterocycles. The third-order valence-electron chi connectivity index (χ3n) is 4.84. The van der Waals surface area contributed by atoms with Crippen molar-refractivity contribution < 1.29 is 19.1 Å². The Morgan fingerprint density at radius 2 is 1.86 bits per heavy atom. The van der Waals surface area contributed by atoms with Crippen molar-refractivity contribution in [1.29, 1.82) is 0 Å². The molecule has 0 unspecified atom stereocenters. The summed E-state index contributed by atoms with van der Waals surface area (Å²) >= 11 is 0. The number of ether oxygens (including phenoxy) is 1. The molecule has 3 atom stereocenters. The molecule has 3 rings (SSSR count). The summed E-state index contributed by atoms with van der Waals surface area (Å²) in [6.45, 7) is -0.377. The van der Waals surface area contributed by atoms with Gasteiger partial charge in [0.2, 0.25) is 0 Å². The Morgan fingerprint density at radius 3 is 2.48 bits per heavy atom. The molecule has 2 bridgehead atoms. The fourth-order valence-corrected chi connectivity index (χ4v) is 3.66. The second-order valence-electron chi connectivity index (χ2n) is 6.60. The van der Waals surface area contributed by atoms with Gasteiger partial charge in [0, 0.05) is 12.5 Å². The zero-order valence-electron chi connectivity index (χ0n) is 12.1. The van der Waals surface area contributed by atoms with E-state index >= 15 is 0 Å². The highest BCUT2D eigenvalue weighted by Gasteiger charge is 2.40. The molecule has 3 amide bonds. The number of nitrogens with one attached hydrogen (secondary N) is 2. The molecule has 3 fully saturated rings. The van der Waals surface area contributed by atoms with Gasteiger partial charge in [0.25, 0.3) is 5.91 Å². The molecule has 3 saturated carbocycles. The van der Waals surface area contributed by atoms with Crippen molar-refractivity contribution in [3.05, 3.63) is 0 Å². The largest absolute Gasteiger partial charge is 0.456 e. The third kappa shape index (κ3) is 3.95. The predicted molar refractivity (Wildman–Crippen MR) is 74.2 cm³/mol. The van der Waals surface area contributed by atoms with Gasteiger partial charge in [0.1, 0.15) is 0 Å². The maximum atomic E-state index is 11.8. The molecule has 6 nitrogen and oxygen atoms in total. The number of urea groups is 1. The summed E-state index contributed by atoms with van der Waals surface area (Å²) in [4.78, 5) is 34.6. The number of hydrogen-bond donors (Lipinski definition) is 2. The first-order valence-corrected chi connectivity index (χ1v) is 7.86. The molecule has 0 heterocycles. The highest BCUT2D eigenvalue weighted by molar-refractivity contribution is 5.95. The first-order chi connectivity index (χ1) is 10.1. The number of esters is 1. The van der Waals surface area contributed by atoms with Gasteiger partial charge in [-0.2, -0.15) is 0 Å². The van der Waals surface area contributed by atoms with E-state index in [1.54, 1.807) is 0 Å². The number of carbonyl (C=O) groups is 3. The first-order valence-electron chi connectivity index (χ1n) is 7.86. The summed E-state index contributed by atoms with van der Waals surface area (Å²) in [7, 11) is 0. The lowest BCUT2D eigenvalue weighted by Crippen LogP contribution is -2.42. The van der Waals surface area contributed by atoms with Crippen LogP contribution < -0.4 is 10.6 Å². The summed E-state index contributed by atoms with van der Waals surface area (Å²) in [5, 5.41) is 4.80. The Kier molecular flexibility index (Phi) is 4.12. The molecule has 0 aromatic rings. The van der Waals surface area contributed by atoms with Crippen molar-refractivity contribution in [3.63, 3.8) is 0 Å². The van der Waals surface area contributed by atoms with E-state index < -0.39 is 11.9 Å². The summed E-state index contributed by atoms with van der Waals surface area (Å²) in [6.07, 6.45) is 7.22. The molecule has 2 N–H and O–H groups in total. The van der Waals surface area contributed by atoms with Gasteiger partial charge in [-0.3, -0.25) is 14.9 Å². The molecule has 3 aliphatic rings. The van der Waals surface area contributed by atoms with Crippen LogP contribution in [-0.4, -0.2) is 30.6 Å². The van der Waals surface area contributed by atoms with E-state index in [0.29, 0.717) is 18.3 Å². The summed E-state index contributed by atoms with van der Waals surface area (Å²) in [5.41, 5.74) is 0. The van der Waals surface area contributed by atoms with Crippen molar-refractivity contribution in [1.82, 2.24) is 10.6 Å². The lowest BCUT2D eigenvalue weighted by molar-refractivity contribution is -0.149. The van der Waals surface area contributed by atoms with Gasteiger partial charge >= 0.3 is 12.0 Å². The highest BCUT2D eigenvalue weighted by atomic mass is 16.5. The fourth-order valence-electron chi connectivity index (χ4n) is 3.66. The maximum Gasteiger partial charge on any atom is 0.321 e. The van der Waals surface area contributed by atoms with E-state index in [9.17, 15) is 14.4 Å². The Morgan fingerprint density at radius 1 is 1.05 bits per heavy atom. The van der Waals surface area contributed by atoms with Gasteiger partial charge < -0.3 is 10.1 Å². The topological polar surface area (TPSA) is 84.5 Å². The lowest BCUT2D eigenvalue weighted by Gasteiger charge is -2.20. The standard InChI is InChI=1S/C15H22N2O4/c18-13(17-15(20)16-12-3-4-12)8-21-14(19)7-11-6-9-1-2-10(11)5-9/h9-12H,1-8H2,(H2,16,17,18,20)/t9-,10+,11+/m0/s1. The summed E-state index contributed by atoms with van der Waals surface area (Å²) in [6, 6.07) is -0.315. The molecule has 3 aliphatic carbocycles. The molecule has 0 radical (unpaired) electrons. The van der Waals surface area contributed by atoms with Crippen LogP contribution in [0, 0.1) is 17.8 Å². The van der Waals surface area contributed by atoms with E-state index in [-0.39, 0.29) is 18.6 Å². The normalized spacial score (nSPS) is 30.0. The number of hydrogen-bond acceptors (Lipinski definition) is 4. The van der Waals surface area contributed by atoms with Crippen molar-refractivity contribution in [2.24, 2.45) is 17.8 Å². The van der Waals surface area contributed by atoms with E-state index in [1.807, 2.05) is 0 Å². The minimum absolute atomic E-state index is 0.193. The zero-order chi connectivity index (χ0) is 14.8. The molecule has 21 heavy (non-hydrogen) atoms. The molecular weight excluding hydrogens is 272 g/mol. The molecular formula is C15H22N2O4. The van der Waals surface area contributed by atoms with Crippen LogP contribution in [0.5, 0.6) is 0 Å². The molecule has 6 heteroatoms. The second-order valence-corrected chi connectivity index (χ2v) is 6.60. The van der Waals surface area contributed by atoms with Crippen LogP contribution in [0.4, 0.5) is 4.79 Å². The van der Waals surface area contributed by atoms with Gasteiger partial charge in [-0.05, 0) is 49.9 Å². The van der Waals surface area contributed by atoms with E-state index in [4.69, 9.17) is 4.74 Å². The molecule has 0 aromatic carbocycles. The van der Waals surface area contributed by atoms with Crippen molar-refractivity contribution in [3.8, 4) is 0 Å². The smallest absolute Gasteiger partial charge is 0.321 e. The fraction of sp³-hybridized carbons (Fsp3) is 0.800. The zero-order valence-corrected chi connectivity index (χ0v) is 12.1. The van der Waals surface area contributed by atoms with Gasteiger partial charge in [-0.1, -0.05) is 6.42 Å². The molecule has 116 valence electrons. The van der Waals surface area contributed by atoms with Gasteiger partial charge in [-0.15, -0.1) is 0 Å².